The molecule has 0 fully saturated rings. The Bertz CT molecular complexity index is 685. The van der Waals surface area contributed by atoms with Crippen LogP contribution in [0, 0.1) is 0 Å². The van der Waals surface area contributed by atoms with Crippen LogP contribution in [0.25, 0.3) is 0 Å². The number of alkyl carbamates (subject to hydrolysis) is 1. The van der Waals surface area contributed by atoms with Gasteiger partial charge in [-0.3, -0.25) is 9.59 Å². The van der Waals surface area contributed by atoms with Gasteiger partial charge in [0.2, 0.25) is 0 Å². The van der Waals surface area contributed by atoms with Crippen molar-refractivity contribution < 1.29 is 23.9 Å². The van der Waals surface area contributed by atoms with E-state index >= 15 is 0 Å². The standard InChI is InChI=1S/C25H40N2O5/c1-25(2,3)32-24(30)27-18-12-11-15-21(26)22(28)16-9-4-5-10-17-23(29)31-19-20-13-7-6-8-14-20/h6-8,13-14,21H,4-5,9-12,15-19,26H2,1-3H3,(H,27,30)/t21-/m0/s1. The number of ether oxygens (including phenoxy) is 2. The third-order valence-electron chi connectivity index (χ3n) is 4.82. The predicted octanol–water partition coefficient (Wildman–Crippen LogP) is 4.66. The van der Waals surface area contributed by atoms with Gasteiger partial charge < -0.3 is 20.5 Å². The first-order valence-electron chi connectivity index (χ1n) is 11.6. The summed E-state index contributed by atoms with van der Waals surface area (Å²) in [5.74, 6) is -0.111. The summed E-state index contributed by atoms with van der Waals surface area (Å²) in [6, 6.07) is 9.16. The number of carbonyl (C=O) groups excluding carboxylic acids is 3. The van der Waals surface area contributed by atoms with Crippen molar-refractivity contribution in [3.8, 4) is 0 Å². The molecule has 0 spiro atoms. The summed E-state index contributed by atoms with van der Waals surface area (Å²) in [6.45, 7) is 6.27. The lowest BCUT2D eigenvalue weighted by molar-refractivity contribution is -0.145. The number of Topliss-reactive ketones (excluding diaryl/α,β-unsaturated/α-hetero) is 1. The summed E-state index contributed by atoms with van der Waals surface area (Å²) < 4.78 is 10.4. The van der Waals surface area contributed by atoms with E-state index in [1.54, 1.807) is 0 Å². The van der Waals surface area contributed by atoms with E-state index in [1.807, 2.05) is 51.1 Å². The Hall–Kier alpha value is -2.41. The first-order chi connectivity index (χ1) is 15.2. The van der Waals surface area contributed by atoms with Gasteiger partial charge in [0.1, 0.15) is 18.0 Å². The SMILES string of the molecule is CC(C)(C)OC(=O)NCCCC[C@H](N)C(=O)CCCCCCC(=O)OCc1ccccc1. The average molecular weight is 449 g/mol. The fourth-order valence-corrected chi connectivity index (χ4v) is 3.07. The van der Waals surface area contributed by atoms with Gasteiger partial charge in [-0.25, -0.2) is 4.79 Å². The van der Waals surface area contributed by atoms with E-state index in [9.17, 15) is 14.4 Å². The third kappa shape index (κ3) is 14.6. The second kappa shape index (κ2) is 15.4. The summed E-state index contributed by atoms with van der Waals surface area (Å²) in [7, 11) is 0. The Morgan fingerprint density at radius 3 is 2.25 bits per heavy atom. The van der Waals surface area contributed by atoms with Crippen LogP contribution in [-0.2, 0) is 25.7 Å². The molecule has 7 nitrogen and oxygen atoms in total. The van der Waals surface area contributed by atoms with Crippen molar-refractivity contribution in [2.45, 2.75) is 96.8 Å². The molecule has 7 heteroatoms. The molecule has 1 aromatic rings. The molecular weight excluding hydrogens is 408 g/mol. The van der Waals surface area contributed by atoms with Crippen LogP contribution in [0.1, 0.15) is 84.1 Å². The molecule has 1 amide bonds. The molecule has 0 heterocycles. The second-order valence-electron chi connectivity index (χ2n) is 9.06. The third-order valence-corrected chi connectivity index (χ3v) is 4.82. The maximum Gasteiger partial charge on any atom is 0.407 e. The van der Waals surface area contributed by atoms with Gasteiger partial charge in [0, 0.05) is 19.4 Å². The minimum absolute atomic E-state index is 0.0763. The number of carbonyl (C=O) groups is 3. The molecule has 180 valence electrons. The van der Waals surface area contributed by atoms with Gasteiger partial charge >= 0.3 is 12.1 Å². The Labute approximate surface area is 192 Å². The molecule has 0 saturated heterocycles. The number of hydrogen-bond acceptors (Lipinski definition) is 6. The van der Waals surface area contributed by atoms with Gasteiger partial charge in [0.05, 0.1) is 6.04 Å². The van der Waals surface area contributed by atoms with Crippen molar-refractivity contribution in [1.29, 1.82) is 0 Å². The molecule has 1 rings (SSSR count). The first-order valence-corrected chi connectivity index (χ1v) is 11.6. The van der Waals surface area contributed by atoms with Gasteiger partial charge in [0.25, 0.3) is 0 Å². The summed E-state index contributed by atoms with van der Waals surface area (Å²) in [5.41, 5.74) is 6.45. The number of ketones is 1. The number of nitrogens with one attached hydrogen (secondary N) is 1. The van der Waals surface area contributed by atoms with Crippen molar-refractivity contribution >= 4 is 17.8 Å². The zero-order valence-corrected chi connectivity index (χ0v) is 19.9. The van der Waals surface area contributed by atoms with Crippen LogP contribution in [0.5, 0.6) is 0 Å². The highest BCUT2D eigenvalue weighted by Crippen LogP contribution is 2.10. The Kier molecular flexibility index (Phi) is 13.3. The van der Waals surface area contributed by atoms with Gasteiger partial charge in [-0.1, -0.05) is 43.2 Å². The first kappa shape index (κ1) is 27.6. The van der Waals surface area contributed by atoms with E-state index in [2.05, 4.69) is 5.32 Å². The van der Waals surface area contributed by atoms with E-state index < -0.39 is 17.7 Å². The van der Waals surface area contributed by atoms with Crippen LogP contribution in [0.2, 0.25) is 0 Å². The summed E-state index contributed by atoms with van der Waals surface area (Å²) in [5, 5.41) is 2.70. The fourth-order valence-electron chi connectivity index (χ4n) is 3.07. The van der Waals surface area contributed by atoms with Crippen LogP contribution in [0.15, 0.2) is 30.3 Å². The summed E-state index contributed by atoms with van der Waals surface area (Å²) >= 11 is 0. The zero-order valence-electron chi connectivity index (χ0n) is 19.9. The van der Waals surface area contributed by atoms with E-state index in [-0.39, 0.29) is 11.8 Å². The molecule has 0 bridgehead atoms. The maximum absolute atomic E-state index is 12.1. The molecule has 0 saturated carbocycles. The number of esters is 1. The number of benzene rings is 1. The average Bonchev–Trinajstić information content (AvgIpc) is 2.73. The molecule has 0 aliphatic rings. The molecule has 0 aromatic heterocycles. The number of rotatable bonds is 15. The molecule has 0 aliphatic heterocycles. The van der Waals surface area contributed by atoms with Crippen molar-refractivity contribution in [3.63, 3.8) is 0 Å². The van der Waals surface area contributed by atoms with Gasteiger partial charge in [-0.2, -0.15) is 0 Å². The Morgan fingerprint density at radius 1 is 0.938 bits per heavy atom. The molecule has 0 unspecified atom stereocenters. The molecule has 32 heavy (non-hydrogen) atoms. The molecular formula is C25H40N2O5. The van der Waals surface area contributed by atoms with Crippen LogP contribution in [0.3, 0.4) is 0 Å². The van der Waals surface area contributed by atoms with Gasteiger partial charge in [-0.05, 0) is 58.4 Å². The molecule has 3 N–H and O–H groups in total. The minimum Gasteiger partial charge on any atom is -0.461 e. The highest BCUT2D eigenvalue weighted by Gasteiger charge is 2.16. The quantitative estimate of drug-likeness (QED) is 0.298. The number of unbranched alkanes of at least 4 members (excludes halogenated alkanes) is 4. The van der Waals surface area contributed by atoms with E-state index in [0.29, 0.717) is 32.4 Å². The van der Waals surface area contributed by atoms with Gasteiger partial charge in [0.15, 0.2) is 0 Å². The van der Waals surface area contributed by atoms with E-state index in [0.717, 1.165) is 44.1 Å². The van der Waals surface area contributed by atoms with E-state index in [4.69, 9.17) is 15.2 Å². The normalized spacial score (nSPS) is 12.1. The lowest BCUT2D eigenvalue weighted by Crippen LogP contribution is -2.33. The number of amides is 1. The smallest absolute Gasteiger partial charge is 0.407 e. The van der Waals surface area contributed by atoms with Crippen molar-refractivity contribution in [3.05, 3.63) is 35.9 Å². The van der Waals surface area contributed by atoms with Gasteiger partial charge in [-0.15, -0.1) is 0 Å². The lowest BCUT2D eigenvalue weighted by Gasteiger charge is -2.19. The summed E-state index contributed by atoms with van der Waals surface area (Å²) in [4.78, 5) is 35.5. The monoisotopic (exact) mass is 448 g/mol. The van der Waals surface area contributed by atoms with Crippen LogP contribution in [-0.4, -0.2) is 36.0 Å². The molecule has 1 aromatic carbocycles. The zero-order chi connectivity index (χ0) is 23.8. The van der Waals surface area contributed by atoms with Crippen LogP contribution >= 0.6 is 0 Å². The predicted molar refractivity (Wildman–Crippen MR) is 125 cm³/mol. The number of nitrogens with two attached hydrogens (primary N) is 1. The minimum atomic E-state index is -0.509. The maximum atomic E-state index is 12.1. The second-order valence-corrected chi connectivity index (χ2v) is 9.06. The molecule has 0 aliphatic carbocycles. The van der Waals surface area contributed by atoms with Crippen LogP contribution in [0.4, 0.5) is 4.79 Å². The van der Waals surface area contributed by atoms with Crippen molar-refractivity contribution in [2.24, 2.45) is 5.73 Å². The lowest BCUT2D eigenvalue weighted by atomic mass is 10.0. The van der Waals surface area contributed by atoms with Crippen LogP contribution < -0.4 is 11.1 Å². The van der Waals surface area contributed by atoms with Crippen molar-refractivity contribution in [1.82, 2.24) is 5.32 Å². The Morgan fingerprint density at radius 2 is 1.59 bits per heavy atom. The topological polar surface area (TPSA) is 108 Å². The van der Waals surface area contributed by atoms with E-state index in [1.165, 1.54) is 0 Å². The molecule has 0 radical (unpaired) electrons. The number of hydrogen-bond donors (Lipinski definition) is 2. The fraction of sp³-hybridized carbons (Fsp3) is 0.640. The molecule has 1 atom stereocenters. The summed E-state index contributed by atoms with van der Waals surface area (Å²) in [6.07, 6.45) is 5.90. The van der Waals surface area contributed by atoms with Crippen molar-refractivity contribution in [2.75, 3.05) is 6.54 Å². The highest BCUT2D eigenvalue weighted by molar-refractivity contribution is 5.83. The largest absolute Gasteiger partial charge is 0.461 e. The highest BCUT2D eigenvalue weighted by atomic mass is 16.6. The Balaban J connectivity index is 1.98.